The van der Waals surface area contributed by atoms with Gasteiger partial charge in [0.25, 0.3) is 5.91 Å². The number of esters is 1. The van der Waals surface area contributed by atoms with Crippen LogP contribution in [0.3, 0.4) is 0 Å². The highest BCUT2D eigenvalue weighted by molar-refractivity contribution is 6.05. The van der Waals surface area contributed by atoms with E-state index < -0.39 is 0 Å². The molecule has 0 aliphatic carbocycles. The predicted molar refractivity (Wildman–Crippen MR) is 189 cm³/mol. The Kier molecular flexibility index (Phi) is 9.13. The van der Waals surface area contributed by atoms with Crippen molar-refractivity contribution in [3.8, 4) is 28.4 Å². The molecule has 7 heterocycles. The van der Waals surface area contributed by atoms with Crippen molar-refractivity contribution in [2.75, 3.05) is 71.9 Å². The fourth-order valence-corrected chi connectivity index (χ4v) is 7.17. The number of rotatable bonds is 9. The third-order valence-corrected chi connectivity index (χ3v) is 10.1. The summed E-state index contributed by atoms with van der Waals surface area (Å²) in [6.07, 6.45) is 10.3. The van der Waals surface area contributed by atoms with Crippen molar-refractivity contribution in [1.82, 2.24) is 44.5 Å². The maximum Gasteiger partial charge on any atom is 0.309 e. The van der Waals surface area contributed by atoms with Crippen LogP contribution in [0.25, 0.3) is 33.5 Å². The van der Waals surface area contributed by atoms with Crippen LogP contribution in [-0.4, -0.2) is 124 Å². The van der Waals surface area contributed by atoms with E-state index in [9.17, 15) is 9.59 Å². The lowest BCUT2D eigenvalue weighted by Crippen LogP contribution is -2.42. The Labute approximate surface area is 294 Å². The molecule has 0 saturated carbocycles. The van der Waals surface area contributed by atoms with E-state index in [2.05, 4.69) is 37.6 Å². The van der Waals surface area contributed by atoms with Gasteiger partial charge in [-0.1, -0.05) is 0 Å². The average Bonchev–Trinajstić information content (AvgIpc) is 3.77. The largest absolute Gasteiger partial charge is 0.494 e. The molecule has 51 heavy (non-hydrogen) atoms. The van der Waals surface area contributed by atoms with Crippen molar-refractivity contribution in [3.63, 3.8) is 0 Å². The van der Waals surface area contributed by atoms with Gasteiger partial charge in [-0.15, -0.1) is 0 Å². The summed E-state index contributed by atoms with van der Waals surface area (Å²) in [5.41, 5.74) is 4.41. The van der Waals surface area contributed by atoms with Crippen molar-refractivity contribution in [2.45, 2.75) is 31.8 Å². The van der Waals surface area contributed by atoms with E-state index in [1.807, 2.05) is 30.5 Å². The van der Waals surface area contributed by atoms with Crippen LogP contribution in [-0.2, 0) is 9.53 Å². The van der Waals surface area contributed by atoms with Crippen LogP contribution in [0.15, 0.2) is 49.1 Å². The third kappa shape index (κ3) is 6.66. The van der Waals surface area contributed by atoms with Crippen molar-refractivity contribution in [1.29, 1.82) is 0 Å². The second-order valence-corrected chi connectivity index (χ2v) is 13.4. The van der Waals surface area contributed by atoms with E-state index in [1.165, 1.54) is 0 Å². The summed E-state index contributed by atoms with van der Waals surface area (Å²) in [6, 6.07) is 7.46. The third-order valence-electron chi connectivity index (χ3n) is 10.1. The molecule has 3 aliphatic heterocycles. The first-order valence-corrected chi connectivity index (χ1v) is 17.6. The number of methoxy groups -OCH3 is 1. The van der Waals surface area contributed by atoms with Crippen molar-refractivity contribution < 1.29 is 23.8 Å². The molecule has 1 aromatic carbocycles. The van der Waals surface area contributed by atoms with Crippen LogP contribution in [0.4, 0.5) is 5.69 Å². The molecule has 2 saturated heterocycles. The number of anilines is 1. The number of likely N-dealkylation sites (tertiary alicyclic amines) is 2. The van der Waals surface area contributed by atoms with E-state index in [4.69, 9.17) is 24.3 Å². The van der Waals surface area contributed by atoms with Crippen molar-refractivity contribution in [2.24, 2.45) is 5.92 Å². The number of pyridine rings is 1. The Bertz CT molecular complexity index is 2060. The highest BCUT2D eigenvalue weighted by Crippen LogP contribution is 2.38. The summed E-state index contributed by atoms with van der Waals surface area (Å²) in [7, 11) is 3.70. The fourth-order valence-electron chi connectivity index (χ4n) is 7.17. The molecule has 2 fully saturated rings. The lowest BCUT2D eigenvalue weighted by atomic mass is 9.96. The van der Waals surface area contributed by atoms with E-state index in [1.54, 1.807) is 34.9 Å². The number of amides is 1. The second kappa shape index (κ2) is 14.2. The molecular formula is C36H42N10O5. The van der Waals surface area contributed by atoms with E-state index >= 15 is 0 Å². The minimum absolute atomic E-state index is 0.0324. The highest BCUT2D eigenvalue weighted by Gasteiger charge is 2.30. The van der Waals surface area contributed by atoms with Crippen LogP contribution in [0, 0.1) is 5.92 Å². The fraction of sp³-hybridized carbons (Fsp3) is 0.444. The number of piperidine rings is 2. The molecular weight excluding hydrogens is 652 g/mol. The normalized spacial score (nSPS) is 17.5. The topological polar surface area (TPSA) is 153 Å². The molecule has 4 aromatic heterocycles. The zero-order valence-electron chi connectivity index (χ0n) is 28.9. The molecule has 5 aromatic rings. The number of nitrogens with one attached hydrogen (secondary N) is 2. The predicted octanol–water partition coefficient (Wildman–Crippen LogP) is 3.02. The number of hydrogen-bond acceptors (Lipinski definition) is 12. The van der Waals surface area contributed by atoms with Gasteiger partial charge in [0.1, 0.15) is 29.9 Å². The Hall–Kier alpha value is -5.28. The zero-order chi connectivity index (χ0) is 34.9. The van der Waals surface area contributed by atoms with Crippen molar-refractivity contribution >= 4 is 34.1 Å². The molecule has 0 radical (unpaired) electrons. The summed E-state index contributed by atoms with van der Waals surface area (Å²) in [6.45, 7) is 5.80. The maximum atomic E-state index is 13.8. The van der Waals surface area contributed by atoms with Gasteiger partial charge in [-0.3, -0.25) is 14.6 Å². The first kappa shape index (κ1) is 32.9. The number of benzene rings is 1. The maximum absolute atomic E-state index is 13.8. The number of carbonyl (C=O) groups is 2. The molecule has 2 N–H and O–H groups in total. The monoisotopic (exact) mass is 694 g/mol. The van der Waals surface area contributed by atoms with Gasteiger partial charge in [0.05, 0.1) is 47.1 Å². The molecule has 0 unspecified atom stereocenters. The molecule has 15 heteroatoms. The van der Waals surface area contributed by atoms with Crippen LogP contribution >= 0.6 is 0 Å². The second-order valence-electron chi connectivity index (χ2n) is 13.4. The highest BCUT2D eigenvalue weighted by atomic mass is 16.5. The molecule has 8 rings (SSSR count). The van der Waals surface area contributed by atoms with Gasteiger partial charge in [0, 0.05) is 63.4 Å². The van der Waals surface area contributed by atoms with E-state index in [0.717, 1.165) is 63.1 Å². The first-order valence-electron chi connectivity index (χ1n) is 17.6. The summed E-state index contributed by atoms with van der Waals surface area (Å²) >= 11 is 0. The summed E-state index contributed by atoms with van der Waals surface area (Å²) in [5.74, 6) is 0.802. The molecule has 0 atom stereocenters. The summed E-state index contributed by atoms with van der Waals surface area (Å²) in [4.78, 5) is 40.4. The number of nitrogens with zero attached hydrogens (tertiary/aromatic N) is 8. The minimum Gasteiger partial charge on any atom is -0.494 e. The van der Waals surface area contributed by atoms with Gasteiger partial charge >= 0.3 is 5.97 Å². The van der Waals surface area contributed by atoms with Crippen LogP contribution in [0.2, 0.25) is 0 Å². The summed E-state index contributed by atoms with van der Waals surface area (Å²) in [5, 5.41) is 16.3. The molecule has 266 valence electrons. The Morgan fingerprint density at radius 2 is 1.90 bits per heavy atom. The Morgan fingerprint density at radius 1 is 1.06 bits per heavy atom. The number of aromatic nitrogens is 6. The Balaban J connectivity index is 1.000. The first-order chi connectivity index (χ1) is 24.9. The van der Waals surface area contributed by atoms with Gasteiger partial charge in [-0.05, 0) is 58.0 Å². The van der Waals surface area contributed by atoms with Crippen molar-refractivity contribution in [3.05, 3.63) is 54.7 Å². The van der Waals surface area contributed by atoms with E-state index in [-0.39, 0.29) is 29.6 Å². The SMILES string of the molecule is COc1cc2c(cc1-n1nc(C(=O)NCCN3CCC(C(=O)OC4CCN(C)CC4)CC3)c3cnc(-c4cnn5cccnc45)cc31)OCCN2. The summed E-state index contributed by atoms with van der Waals surface area (Å²) < 4.78 is 21.0. The number of ether oxygens (including phenoxy) is 3. The molecule has 3 aliphatic rings. The molecule has 0 bridgehead atoms. The van der Waals surface area contributed by atoms with Gasteiger partial charge in [0.2, 0.25) is 0 Å². The zero-order valence-corrected chi connectivity index (χ0v) is 28.9. The van der Waals surface area contributed by atoms with Gasteiger partial charge in [0.15, 0.2) is 11.3 Å². The van der Waals surface area contributed by atoms with Crippen LogP contribution in [0.1, 0.15) is 36.2 Å². The molecule has 0 spiro atoms. The standard InChI is InChI=1S/C36H42N10O5/c1-43-12-6-24(7-13-43)51-36(48)23-4-14-44(15-5-23)16-9-39-35(47)33-26-21-40-27(25-22-41-45-11-3-8-38-34(25)45)18-29(26)46(42-33)30-20-31-28(19-32(30)49-2)37-10-17-50-31/h3,8,11,18-24,37H,4-7,9-10,12-17H2,1-2H3,(H,39,47). The molecule has 1 amide bonds. The lowest BCUT2D eigenvalue weighted by molar-refractivity contribution is -0.157. The van der Waals surface area contributed by atoms with Gasteiger partial charge < -0.3 is 34.6 Å². The van der Waals surface area contributed by atoms with Gasteiger partial charge in [-0.25, -0.2) is 14.2 Å². The van der Waals surface area contributed by atoms with Gasteiger partial charge in [-0.2, -0.15) is 10.2 Å². The Morgan fingerprint density at radius 3 is 2.73 bits per heavy atom. The lowest BCUT2D eigenvalue weighted by Gasteiger charge is -2.33. The minimum atomic E-state index is -0.308. The quantitative estimate of drug-likeness (QED) is 0.218. The van der Waals surface area contributed by atoms with Crippen LogP contribution < -0.4 is 20.1 Å². The van der Waals surface area contributed by atoms with E-state index in [0.29, 0.717) is 65.7 Å². The van der Waals surface area contributed by atoms with Crippen LogP contribution in [0.5, 0.6) is 11.5 Å². The average molecular weight is 695 g/mol. The number of fused-ring (bicyclic) bond motifs is 3. The molecule has 15 nitrogen and oxygen atoms in total. The smallest absolute Gasteiger partial charge is 0.309 e. The number of carbonyl (C=O) groups excluding carboxylic acids is 2. The number of hydrogen-bond donors (Lipinski definition) is 2.